The summed E-state index contributed by atoms with van der Waals surface area (Å²) in [4.78, 5) is 23.7. The number of amides is 1. The maximum Gasteiger partial charge on any atom is 0.316 e. The van der Waals surface area contributed by atoms with Crippen LogP contribution >= 0.6 is 23.1 Å². The Balaban J connectivity index is 1.70. The topological polar surface area (TPSA) is 128 Å². The van der Waals surface area contributed by atoms with E-state index >= 15 is 0 Å². The van der Waals surface area contributed by atoms with E-state index in [0.29, 0.717) is 15.8 Å². The number of sulfonamides is 1. The molecule has 1 atom stereocenters. The lowest BCUT2D eigenvalue weighted by Gasteiger charge is -2.33. The third kappa shape index (κ3) is 4.72. The fraction of sp³-hybridized carbons (Fsp3) is 0.333. The van der Waals surface area contributed by atoms with Gasteiger partial charge in [0, 0.05) is 0 Å². The number of fused-ring (bicyclic) bond motifs is 1. The standard InChI is InChI=1S/C15H16N4O6S3/c1-24-12(20)8-26-15-18-17-14(27-15)16-13(21)11-7-19(28(2,22)23)9-5-3-4-6-10(9)25-11/h3-6,11H,7-8H2,1-2H3,(H,16,17,21)/t11-/m0/s1. The van der Waals surface area contributed by atoms with Crippen LogP contribution in [0.1, 0.15) is 0 Å². The van der Waals surface area contributed by atoms with Crippen LogP contribution in [0.2, 0.25) is 0 Å². The van der Waals surface area contributed by atoms with Crippen LogP contribution in [-0.2, 0) is 24.3 Å². The largest absolute Gasteiger partial charge is 0.476 e. The van der Waals surface area contributed by atoms with Crippen molar-refractivity contribution in [3.63, 3.8) is 0 Å². The van der Waals surface area contributed by atoms with Gasteiger partial charge in [-0.3, -0.25) is 19.2 Å². The quantitative estimate of drug-likeness (QED) is 0.394. The molecule has 1 aliphatic heterocycles. The summed E-state index contributed by atoms with van der Waals surface area (Å²) in [6.45, 7) is -0.162. The molecule has 1 aliphatic rings. The van der Waals surface area contributed by atoms with Crippen LogP contribution in [0.25, 0.3) is 0 Å². The number of hydrogen-bond acceptors (Lipinski definition) is 10. The van der Waals surface area contributed by atoms with Gasteiger partial charge in [0.1, 0.15) is 5.75 Å². The number of anilines is 2. The minimum atomic E-state index is -3.59. The molecule has 150 valence electrons. The lowest BCUT2D eigenvalue weighted by molar-refractivity contribution is -0.137. The average molecular weight is 445 g/mol. The summed E-state index contributed by atoms with van der Waals surface area (Å²) in [6.07, 6.45) is 0.0132. The Morgan fingerprint density at radius 2 is 2.14 bits per heavy atom. The van der Waals surface area contributed by atoms with Crippen molar-refractivity contribution in [3.8, 4) is 5.75 Å². The number of thioether (sulfide) groups is 1. The molecule has 2 aromatic rings. The van der Waals surface area contributed by atoms with E-state index in [9.17, 15) is 18.0 Å². The minimum absolute atomic E-state index is 0.0743. The van der Waals surface area contributed by atoms with Crippen molar-refractivity contribution in [2.75, 3.05) is 35.3 Å². The lowest BCUT2D eigenvalue weighted by atomic mass is 10.2. The van der Waals surface area contributed by atoms with Crippen molar-refractivity contribution < 1.29 is 27.5 Å². The second kappa shape index (κ2) is 8.32. The van der Waals surface area contributed by atoms with Gasteiger partial charge in [-0.1, -0.05) is 35.2 Å². The predicted molar refractivity (Wildman–Crippen MR) is 104 cm³/mol. The highest BCUT2D eigenvalue weighted by Gasteiger charge is 2.35. The third-order valence-corrected chi connectivity index (χ3v) is 6.70. The molecule has 0 saturated carbocycles. The predicted octanol–water partition coefficient (Wildman–Crippen LogP) is 0.969. The number of carbonyl (C=O) groups excluding carboxylic acids is 2. The van der Waals surface area contributed by atoms with Crippen molar-refractivity contribution in [1.82, 2.24) is 10.2 Å². The van der Waals surface area contributed by atoms with E-state index < -0.39 is 28.0 Å². The summed E-state index contributed by atoms with van der Waals surface area (Å²) in [5.41, 5.74) is 0.381. The molecule has 0 aliphatic carbocycles. The average Bonchev–Trinajstić information content (AvgIpc) is 3.11. The van der Waals surface area contributed by atoms with Crippen molar-refractivity contribution >= 4 is 55.8 Å². The van der Waals surface area contributed by atoms with Crippen molar-refractivity contribution in [1.29, 1.82) is 0 Å². The van der Waals surface area contributed by atoms with Gasteiger partial charge in [-0.05, 0) is 12.1 Å². The van der Waals surface area contributed by atoms with E-state index in [1.807, 2.05) is 0 Å². The number of rotatable bonds is 6. The first kappa shape index (κ1) is 20.4. The number of nitrogens with zero attached hydrogens (tertiary/aromatic N) is 3. The number of para-hydroxylation sites is 2. The van der Waals surface area contributed by atoms with Crippen molar-refractivity contribution in [2.45, 2.75) is 10.4 Å². The molecule has 0 saturated heterocycles. The maximum atomic E-state index is 12.6. The van der Waals surface area contributed by atoms with E-state index in [2.05, 4.69) is 20.3 Å². The second-order valence-corrected chi connectivity index (χ2v) is 9.70. The number of ether oxygens (including phenoxy) is 2. The van der Waals surface area contributed by atoms with Crippen molar-refractivity contribution in [3.05, 3.63) is 24.3 Å². The summed E-state index contributed by atoms with van der Waals surface area (Å²) >= 11 is 2.21. The number of methoxy groups -OCH3 is 1. The molecular formula is C15H16N4O6S3. The number of benzene rings is 1. The van der Waals surface area contributed by atoms with Gasteiger partial charge in [-0.2, -0.15) is 0 Å². The van der Waals surface area contributed by atoms with E-state index in [1.54, 1.807) is 24.3 Å². The van der Waals surface area contributed by atoms with Gasteiger partial charge in [-0.25, -0.2) is 8.42 Å². The maximum absolute atomic E-state index is 12.6. The SMILES string of the molecule is COC(=O)CSc1nnc(NC(=O)[C@@H]2CN(S(C)(=O)=O)c3ccccc3O2)s1. The Morgan fingerprint density at radius 1 is 1.39 bits per heavy atom. The highest BCUT2D eigenvalue weighted by Crippen LogP contribution is 2.35. The number of esters is 1. The first-order chi connectivity index (χ1) is 13.3. The van der Waals surface area contributed by atoms with Crippen LogP contribution < -0.4 is 14.4 Å². The number of hydrogen-bond donors (Lipinski definition) is 1. The van der Waals surface area contributed by atoms with Crippen molar-refractivity contribution in [2.24, 2.45) is 0 Å². The molecular weight excluding hydrogens is 428 g/mol. The number of aromatic nitrogens is 2. The smallest absolute Gasteiger partial charge is 0.316 e. The first-order valence-electron chi connectivity index (χ1n) is 7.85. The highest BCUT2D eigenvalue weighted by atomic mass is 32.2. The molecule has 1 aromatic heterocycles. The summed E-state index contributed by atoms with van der Waals surface area (Å²) in [6, 6.07) is 6.59. The zero-order chi connectivity index (χ0) is 20.3. The Morgan fingerprint density at radius 3 is 2.86 bits per heavy atom. The molecule has 0 spiro atoms. The third-order valence-electron chi connectivity index (χ3n) is 3.61. The number of carbonyl (C=O) groups is 2. The molecule has 28 heavy (non-hydrogen) atoms. The van der Waals surface area contributed by atoms with Crippen LogP contribution in [0.3, 0.4) is 0 Å². The summed E-state index contributed by atoms with van der Waals surface area (Å²) in [5, 5.41) is 10.5. The van der Waals surface area contributed by atoms with Gasteiger partial charge in [0.2, 0.25) is 15.2 Å². The van der Waals surface area contributed by atoms with Crippen LogP contribution in [0.4, 0.5) is 10.8 Å². The van der Waals surface area contributed by atoms with Crippen LogP contribution in [-0.4, -0.2) is 62.3 Å². The Kier molecular flexibility index (Phi) is 6.05. The van der Waals surface area contributed by atoms with E-state index in [-0.39, 0.29) is 17.4 Å². The van der Waals surface area contributed by atoms with Crippen LogP contribution in [0.5, 0.6) is 5.75 Å². The van der Waals surface area contributed by atoms with Gasteiger partial charge >= 0.3 is 5.97 Å². The second-order valence-electron chi connectivity index (χ2n) is 5.60. The number of nitrogens with one attached hydrogen (secondary N) is 1. The molecule has 2 heterocycles. The molecule has 10 nitrogen and oxygen atoms in total. The summed E-state index contributed by atoms with van der Waals surface area (Å²) in [7, 11) is -2.30. The lowest BCUT2D eigenvalue weighted by Crippen LogP contribution is -2.48. The molecule has 1 aromatic carbocycles. The monoisotopic (exact) mass is 444 g/mol. The Bertz CT molecular complexity index is 993. The highest BCUT2D eigenvalue weighted by molar-refractivity contribution is 8.01. The van der Waals surface area contributed by atoms with E-state index in [0.717, 1.165) is 33.7 Å². The zero-order valence-corrected chi connectivity index (χ0v) is 17.3. The molecule has 0 bridgehead atoms. The Labute approximate surface area is 169 Å². The van der Waals surface area contributed by atoms with Gasteiger partial charge < -0.3 is 9.47 Å². The fourth-order valence-corrected chi connectivity index (χ4v) is 4.84. The summed E-state index contributed by atoms with van der Waals surface area (Å²) in [5.74, 6) is -0.582. The first-order valence-corrected chi connectivity index (χ1v) is 11.5. The van der Waals surface area contributed by atoms with Gasteiger partial charge in [-0.15, -0.1) is 10.2 Å². The molecule has 13 heteroatoms. The Hall–Kier alpha value is -2.38. The molecule has 1 amide bonds. The normalized spacial score (nSPS) is 16.1. The molecule has 1 N–H and O–H groups in total. The van der Waals surface area contributed by atoms with E-state index in [1.165, 1.54) is 7.11 Å². The van der Waals surface area contributed by atoms with Crippen LogP contribution in [0, 0.1) is 0 Å². The summed E-state index contributed by atoms with van der Waals surface area (Å²) < 4.78 is 36.0. The van der Waals surface area contributed by atoms with Gasteiger partial charge in [0.15, 0.2) is 10.4 Å². The van der Waals surface area contributed by atoms with Crippen LogP contribution in [0.15, 0.2) is 28.6 Å². The molecule has 0 unspecified atom stereocenters. The van der Waals surface area contributed by atoms with E-state index in [4.69, 9.17) is 4.74 Å². The molecule has 0 radical (unpaired) electrons. The minimum Gasteiger partial charge on any atom is -0.476 e. The molecule has 3 rings (SSSR count). The molecule has 0 fully saturated rings. The fourth-order valence-electron chi connectivity index (χ4n) is 2.34. The van der Waals surface area contributed by atoms with Gasteiger partial charge in [0.05, 0.1) is 31.4 Å². The zero-order valence-electron chi connectivity index (χ0n) is 14.8. The van der Waals surface area contributed by atoms with Gasteiger partial charge in [0.25, 0.3) is 5.91 Å².